The molecule has 102 valence electrons. The number of aromatic nitrogens is 1. The number of aryl methyl sites for hydroxylation is 1. The molecule has 1 saturated heterocycles. The molecule has 2 N–H and O–H groups in total. The van der Waals surface area contributed by atoms with Crippen LogP contribution in [0.3, 0.4) is 0 Å². The molecule has 0 radical (unpaired) electrons. The second kappa shape index (κ2) is 5.09. The monoisotopic (exact) mass is 261 g/mol. The van der Waals surface area contributed by atoms with Gasteiger partial charge < -0.3 is 15.1 Å². The van der Waals surface area contributed by atoms with Gasteiger partial charge in [0.15, 0.2) is 5.58 Å². The molecule has 3 rings (SSSR count). The van der Waals surface area contributed by atoms with Crippen molar-refractivity contribution in [3.8, 4) is 0 Å². The average Bonchev–Trinajstić information content (AvgIpc) is 3.01. The zero-order chi connectivity index (χ0) is 13.2. The van der Waals surface area contributed by atoms with E-state index in [4.69, 9.17) is 4.42 Å². The van der Waals surface area contributed by atoms with Gasteiger partial charge in [-0.3, -0.25) is 4.57 Å². The molecule has 19 heavy (non-hydrogen) atoms. The first-order valence-electron chi connectivity index (χ1n) is 6.81. The van der Waals surface area contributed by atoms with E-state index in [2.05, 4.69) is 10.6 Å². The van der Waals surface area contributed by atoms with E-state index in [0.717, 1.165) is 30.7 Å². The molecular formula is C14H19N3O2. The summed E-state index contributed by atoms with van der Waals surface area (Å²) in [6, 6.07) is 6.40. The van der Waals surface area contributed by atoms with Crippen molar-refractivity contribution < 1.29 is 4.42 Å². The second-order valence-electron chi connectivity index (χ2n) is 5.12. The number of benzene rings is 1. The van der Waals surface area contributed by atoms with Gasteiger partial charge in [0.2, 0.25) is 0 Å². The predicted molar refractivity (Wildman–Crippen MR) is 75.6 cm³/mol. The van der Waals surface area contributed by atoms with E-state index in [1.807, 2.05) is 18.2 Å². The van der Waals surface area contributed by atoms with E-state index < -0.39 is 0 Å². The predicted octanol–water partition coefficient (Wildman–Crippen LogP) is 1.69. The van der Waals surface area contributed by atoms with Crippen LogP contribution < -0.4 is 16.4 Å². The van der Waals surface area contributed by atoms with E-state index in [1.165, 1.54) is 17.4 Å². The van der Waals surface area contributed by atoms with Crippen LogP contribution in [0.5, 0.6) is 0 Å². The van der Waals surface area contributed by atoms with E-state index in [1.54, 1.807) is 7.05 Å². The van der Waals surface area contributed by atoms with Crippen LogP contribution in [0.25, 0.3) is 11.1 Å². The van der Waals surface area contributed by atoms with Crippen LogP contribution in [0.15, 0.2) is 27.4 Å². The lowest BCUT2D eigenvalue weighted by Crippen LogP contribution is -2.24. The third kappa shape index (κ3) is 2.51. The Morgan fingerprint density at radius 2 is 2.42 bits per heavy atom. The van der Waals surface area contributed by atoms with Crippen molar-refractivity contribution in [3.05, 3.63) is 28.7 Å². The van der Waals surface area contributed by atoms with Gasteiger partial charge in [0.1, 0.15) is 0 Å². The van der Waals surface area contributed by atoms with Crippen molar-refractivity contribution in [2.75, 3.05) is 18.4 Å². The topological polar surface area (TPSA) is 59.2 Å². The summed E-state index contributed by atoms with van der Waals surface area (Å²) >= 11 is 0. The van der Waals surface area contributed by atoms with Gasteiger partial charge in [-0.2, -0.15) is 0 Å². The van der Waals surface area contributed by atoms with Gasteiger partial charge in [0.25, 0.3) is 0 Å². The maximum atomic E-state index is 11.4. The number of nitrogens with one attached hydrogen (secondary N) is 2. The molecule has 1 fully saturated rings. The number of oxazole rings is 1. The Bertz CT molecular complexity index is 623. The lowest BCUT2D eigenvalue weighted by molar-refractivity contribution is 0.528. The lowest BCUT2D eigenvalue weighted by atomic mass is 10.1. The first kappa shape index (κ1) is 12.3. The van der Waals surface area contributed by atoms with Crippen LogP contribution in [0.1, 0.15) is 19.3 Å². The Kier molecular flexibility index (Phi) is 3.29. The Morgan fingerprint density at radius 3 is 3.21 bits per heavy atom. The van der Waals surface area contributed by atoms with Crippen molar-refractivity contribution in [2.24, 2.45) is 7.05 Å². The van der Waals surface area contributed by atoms with E-state index >= 15 is 0 Å². The van der Waals surface area contributed by atoms with E-state index in [0.29, 0.717) is 11.6 Å². The van der Waals surface area contributed by atoms with Crippen LogP contribution in [0.4, 0.5) is 5.69 Å². The van der Waals surface area contributed by atoms with Gasteiger partial charge in [-0.25, -0.2) is 4.79 Å². The summed E-state index contributed by atoms with van der Waals surface area (Å²) in [5.41, 5.74) is 2.49. The molecule has 1 aromatic carbocycles. The molecule has 1 aromatic heterocycles. The maximum Gasteiger partial charge on any atom is 0.419 e. The Hall–Kier alpha value is -1.75. The van der Waals surface area contributed by atoms with Crippen LogP contribution in [-0.2, 0) is 7.05 Å². The van der Waals surface area contributed by atoms with Crippen molar-refractivity contribution in [3.63, 3.8) is 0 Å². The van der Waals surface area contributed by atoms with Gasteiger partial charge >= 0.3 is 5.76 Å². The molecule has 0 bridgehead atoms. The highest BCUT2D eigenvalue weighted by Crippen LogP contribution is 2.18. The largest absolute Gasteiger partial charge is 0.419 e. The molecule has 2 aromatic rings. The summed E-state index contributed by atoms with van der Waals surface area (Å²) in [4.78, 5) is 11.4. The maximum absolute atomic E-state index is 11.4. The SMILES string of the molecule is Cn1c(=O)oc2ccc(NCCC3CCCN3)cc21. The molecule has 5 heteroatoms. The van der Waals surface area contributed by atoms with Gasteiger partial charge in [-0.15, -0.1) is 0 Å². The van der Waals surface area contributed by atoms with Crippen LogP contribution >= 0.6 is 0 Å². The minimum Gasteiger partial charge on any atom is -0.408 e. The smallest absolute Gasteiger partial charge is 0.408 e. The van der Waals surface area contributed by atoms with E-state index in [9.17, 15) is 4.79 Å². The summed E-state index contributed by atoms with van der Waals surface area (Å²) in [7, 11) is 1.72. The molecule has 1 aliphatic heterocycles. The molecule has 5 nitrogen and oxygen atoms in total. The van der Waals surface area contributed by atoms with Crippen molar-refractivity contribution in [1.29, 1.82) is 0 Å². The number of rotatable bonds is 4. The molecule has 0 amide bonds. The summed E-state index contributed by atoms with van der Waals surface area (Å²) < 4.78 is 6.64. The number of nitrogens with zero attached hydrogens (tertiary/aromatic N) is 1. The van der Waals surface area contributed by atoms with E-state index in [-0.39, 0.29) is 5.76 Å². The highest BCUT2D eigenvalue weighted by atomic mass is 16.4. The summed E-state index contributed by atoms with van der Waals surface area (Å²) in [6.45, 7) is 2.09. The minimum atomic E-state index is -0.317. The minimum absolute atomic E-state index is 0.317. The Morgan fingerprint density at radius 1 is 1.53 bits per heavy atom. The summed E-state index contributed by atoms with van der Waals surface area (Å²) in [5.74, 6) is -0.317. The molecule has 2 heterocycles. The fraction of sp³-hybridized carbons (Fsp3) is 0.500. The lowest BCUT2D eigenvalue weighted by Gasteiger charge is -2.11. The number of anilines is 1. The molecule has 0 spiro atoms. The quantitative estimate of drug-likeness (QED) is 0.879. The average molecular weight is 261 g/mol. The highest BCUT2D eigenvalue weighted by molar-refractivity contribution is 5.77. The molecule has 1 atom stereocenters. The molecule has 1 aliphatic rings. The molecule has 1 unspecified atom stereocenters. The Labute approximate surface area is 111 Å². The van der Waals surface area contributed by atoms with Crippen molar-refractivity contribution in [1.82, 2.24) is 9.88 Å². The fourth-order valence-electron chi connectivity index (χ4n) is 2.63. The zero-order valence-corrected chi connectivity index (χ0v) is 11.1. The van der Waals surface area contributed by atoms with Gasteiger partial charge in [-0.1, -0.05) is 0 Å². The van der Waals surface area contributed by atoms with Crippen molar-refractivity contribution >= 4 is 16.8 Å². The highest BCUT2D eigenvalue weighted by Gasteiger charge is 2.13. The molecule has 0 saturated carbocycles. The van der Waals surface area contributed by atoms with Crippen LogP contribution in [0, 0.1) is 0 Å². The van der Waals surface area contributed by atoms with Crippen LogP contribution in [-0.4, -0.2) is 23.7 Å². The third-order valence-corrected chi connectivity index (χ3v) is 3.78. The Balaban J connectivity index is 1.67. The first-order valence-corrected chi connectivity index (χ1v) is 6.81. The fourth-order valence-corrected chi connectivity index (χ4v) is 2.63. The van der Waals surface area contributed by atoms with Gasteiger partial charge in [0.05, 0.1) is 5.52 Å². The van der Waals surface area contributed by atoms with Crippen LogP contribution in [0.2, 0.25) is 0 Å². The standard InChI is InChI=1S/C14H19N3O2/c1-17-12-9-11(4-5-13(12)19-14(17)18)16-8-6-10-3-2-7-15-10/h4-5,9-10,15-16H,2-3,6-8H2,1H3. The third-order valence-electron chi connectivity index (χ3n) is 3.78. The second-order valence-corrected chi connectivity index (χ2v) is 5.12. The first-order chi connectivity index (χ1) is 9.24. The summed E-state index contributed by atoms with van der Waals surface area (Å²) in [6.07, 6.45) is 3.69. The summed E-state index contributed by atoms with van der Waals surface area (Å²) in [5, 5.41) is 6.89. The van der Waals surface area contributed by atoms with Gasteiger partial charge in [0, 0.05) is 25.3 Å². The molecule has 0 aliphatic carbocycles. The number of hydrogen-bond acceptors (Lipinski definition) is 4. The van der Waals surface area contributed by atoms with Crippen molar-refractivity contribution in [2.45, 2.75) is 25.3 Å². The number of fused-ring (bicyclic) bond motifs is 1. The number of hydrogen-bond donors (Lipinski definition) is 2. The zero-order valence-electron chi connectivity index (χ0n) is 11.1. The normalized spacial score (nSPS) is 19.1. The van der Waals surface area contributed by atoms with Gasteiger partial charge in [-0.05, 0) is 44.0 Å². The molecular weight excluding hydrogens is 242 g/mol.